The number of likely N-dealkylation sites (N-methyl/N-ethyl adjacent to an activating group) is 2. The van der Waals surface area contributed by atoms with Crippen LogP contribution in [0.1, 0.15) is 85.6 Å². The second-order valence-electron chi connectivity index (χ2n) is 20.3. The summed E-state index contributed by atoms with van der Waals surface area (Å²) in [5, 5.41) is 26.4. The van der Waals surface area contributed by atoms with E-state index in [9.17, 15) is 34.2 Å². The lowest BCUT2D eigenvalue weighted by molar-refractivity contribution is -0.145. The number of hydrogen-bond donors (Lipinski definition) is 5. The molecule has 0 fully saturated rings. The van der Waals surface area contributed by atoms with E-state index in [1.165, 1.54) is 0 Å². The number of phenols is 2. The molecular formula is C57H72N8O7. The Bertz CT molecular complexity index is 2830. The molecule has 7 rings (SSSR count). The van der Waals surface area contributed by atoms with Crippen molar-refractivity contribution in [1.29, 1.82) is 0 Å². The smallest absolute Gasteiger partial charge is 0.269 e. The Morgan fingerprint density at radius 2 is 1.03 bits per heavy atom. The molecule has 1 aromatic heterocycles. The van der Waals surface area contributed by atoms with Gasteiger partial charge in [0.1, 0.15) is 29.3 Å². The number of nitrogens with zero attached hydrogens (tertiary/aromatic N) is 5. The molecule has 4 amide bonds. The van der Waals surface area contributed by atoms with Gasteiger partial charge in [-0.25, -0.2) is 0 Å². The summed E-state index contributed by atoms with van der Waals surface area (Å²) in [6, 6.07) is 20.1. The summed E-state index contributed by atoms with van der Waals surface area (Å²) in [6.07, 6.45) is 3.41. The second kappa shape index (κ2) is 23.1. The van der Waals surface area contributed by atoms with Gasteiger partial charge in [-0.05, 0) is 181 Å². The lowest BCUT2D eigenvalue weighted by atomic mass is 9.91. The Morgan fingerprint density at radius 3 is 1.43 bits per heavy atom. The van der Waals surface area contributed by atoms with Gasteiger partial charge in [-0.1, -0.05) is 48.5 Å². The number of rotatable bonds is 18. The summed E-state index contributed by atoms with van der Waals surface area (Å²) in [5.41, 5.74) is 11.1. The predicted octanol–water partition coefficient (Wildman–Crippen LogP) is 5.07. The summed E-state index contributed by atoms with van der Waals surface area (Å²) in [7, 11) is 7.48. The van der Waals surface area contributed by atoms with Gasteiger partial charge in [-0.3, -0.25) is 38.8 Å². The van der Waals surface area contributed by atoms with Gasteiger partial charge in [0, 0.05) is 44.7 Å². The minimum atomic E-state index is -0.725. The van der Waals surface area contributed by atoms with Gasteiger partial charge in [-0.2, -0.15) is 0 Å². The van der Waals surface area contributed by atoms with Crippen LogP contribution in [0.2, 0.25) is 0 Å². The van der Waals surface area contributed by atoms with Crippen molar-refractivity contribution < 1.29 is 29.4 Å². The van der Waals surface area contributed by atoms with Crippen molar-refractivity contribution in [3.63, 3.8) is 0 Å². The number of hydrogen-bond acceptors (Lipinski definition) is 10. The van der Waals surface area contributed by atoms with E-state index in [0.29, 0.717) is 88.1 Å². The minimum absolute atomic E-state index is 0.139. The van der Waals surface area contributed by atoms with Crippen molar-refractivity contribution in [2.45, 2.75) is 123 Å². The molecule has 382 valence electrons. The molecular weight excluding hydrogens is 909 g/mol. The number of aryl methyl sites for hydroxylation is 7. The highest BCUT2D eigenvalue weighted by atomic mass is 16.3. The van der Waals surface area contributed by atoms with E-state index in [0.717, 1.165) is 55.6 Å². The van der Waals surface area contributed by atoms with Crippen molar-refractivity contribution in [3.8, 4) is 11.5 Å². The number of carbonyl (C=O) groups is 4. The van der Waals surface area contributed by atoms with Crippen LogP contribution in [0.15, 0.2) is 77.6 Å². The SMILES string of the molecule is Cc1cc(O)cc(C)c1C[C@@H](C(=O)N1Cc2ccccc2C[C@H]1C(=O)NCCCc1[nH]c(=O)c(CCCNC(=O)[C@@H]2Cc3ccccc3CN2C(=O)[C@H](Cc2c(C)cc(O)cc2C)N(C)C)nc1C)N(C)C. The van der Waals surface area contributed by atoms with E-state index in [1.54, 1.807) is 34.1 Å². The molecule has 0 saturated carbocycles. The zero-order valence-electron chi connectivity index (χ0n) is 43.4. The normalized spacial score (nSPS) is 16.3. The van der Waals surface area contributed by atoms with Gasteiger partial charge in [-0.15, -0.1) is 0 Å². The van der Waals surface area contributed by atoms with Crippen molar-refractivity contribution in [3.05, 3.63) is 156 Å². The van der Waals surface area contributed by atoms with E-state index in [-0.39, 0.29) is 47.2 Å². The summed E-state index contributed by atoms with van der Waals surface area (Å²) in [6.45, 7) is 10.8. The Hall–Kier alpha value is -6.84. The fourth-order valence-corrected chi connectivity index (χ4v) is 10.5. The topological polar surface area (TPSA) is 192 Å². The van der Waals surface area contributed by atoms with Gasteiger partial charge >= 0.3 is 0 Å². The quantitative estimate of drug-likeness (QED) is 0.0742. The first kappa shape index (κ1) is 53.0. The number of aromatic nitrogens is 2. The van der Waals surface area contributed by atoms with E-state index < -0.39 is 24.2 Å². The molecule has 5 N–H and O–H groups in total. The zero-order valence-corrected chi connectivity index (χ0v) is 43.4. The van der Waals surface area contributed by atoms with E-state index in [4.69, 9.17) is 0 Å². The Balaban J connectivity index is 0.939. The minimum Gasteiger partial charge on any atom is -0.508 e. The number of fused-ring (bicyclic) bond motifs is 2. The first-order valence-electron chi connectivity index (χ1n) is 25.1. The average molecular weight is 981 g/mol. The molecule has 3 heterocycles. The molecule has 0 unspecified atom stereocenters. The fourth-order valence-electron chi connectivity index (χ4n) is 10.5. The Labute approximate surface area is 423 Å². The molecule has 72 heavy (non-hydrogen) atoms. The molecule has 4 atom stereocenters. The zero-order chi connectivity index (χ0) is 52.0. The molecule has 2 aliphatic rings. The highest BCUT2D eigenvalue weighted by molar-refractivity contribution is 5.92. The predicted molar refractivity (Wildman–Crippen MR) is 279 cm³/mol. The van der Waals surface area contributed by atoms with Gasteiger partial charge in [0.2, 0.25) is 23.6 Å². The van der Waals surface area contributed by atoms with Crippen LogP contribution in [0.5, 0.6) is 11.5 Å². The van der Waals surface area contributed by atoms with E-state index in [2.05, 4.69) is 20.6 Å². The largest absolute Gasteiger partial charge is 0.508 e. The molecule has 0 bridgehead atoms. The van der Waals surface area contributed by atoms with Crippen molar-refractivity contribution in [1.82, 2.24) is 40.2 Å². The summed E-state index contributed by atoms with van der Waals surface area (Å²) in [5.74, 6) is -0.409. The lowest BCUT2D eigenvalue weighted by Gasteiger charge is -2.39. The molecule has 0 radical (unpaired) electrons. The van der Waals surface area contributed by atoms with Crippen LogP contribution >= 0.6 is 0 Å². The number of aromatic amines is 1. The third-order valence-electron chi connectivity index (χ3n) is 14.7. The monoisotopic (exact) mass is 981 g/mol. The number of benzene rings is 4. The maximum absolute atomic E-state index is 14.5. The van der Waals surface area contributed by atoms with Crippen LogP contribution in [0, 0.1) is 34.6 Å². The first-order valence-corrected chi connectivity index (χ1v) is 25.1. The summed E-state index contributed by atoms with van der Waals surface area (Å²) in [4.78, 5) is 85.2. The van der Waals surface area contributed by atoms with Crippen LogP contribution in [-0.2, 0) is 70.8 Å². The van der Waals surface area contributed by atoms with Crippen LogP contribution in [0.4, 0.5) is 0 Å². The molecule has 2 aliphatic heterocycles. The van der Waals surface area contributed by atoms with Gasteiger partial charge in [0.15, 0.2) is 0 Å². The van der Waals surface area contributed by atoms with Crippen molar-refractivity contribution in [2.75, 3.05) is 41.3 Å². The van der Waals surface area contributed by atoms with Crippen molar-refractivity contribution >= 4 is 23.6 Å². The number of phenolic OH excluding ortho intramolecular Hbond substituents is 2. The summed E-state index contributed by atoms with van der Waals surface area (Å²) >= 11 is 0. The molecule has 0 aliphatic carbocycles. The first-order chi connectivity index (χ1) is 34.3. The molecule has 15 heteroatoms. The van der Waals surface area contributed by atoms with E-state index >= 15 is 0 Å². The fraction of sp³-hybridized carbons (Fsp3) is 0.439. The summed E-state index contributed by atoms with van der Waals surface area (Å²) < 4.78 is 0. The molecule has 5 aromatic rings. The van der Waals surface area contributed by atoms with Crippen LogP contribution in [0.3, 0.4) is 0 Å². The van der Waals surface area contributed by atoms with Crippen LogP contribution in [-0.4, -0.2) is 129 Å². The Morgan fingerprint density at radius 1 is 0.639 bits per heavy atom. The third-order valence-corrected chi connectivity index (χ3v) is 14.7. The number of aromatic hydroxyl groups is 2. The van der Waals surface area contributed by atoms with Crippen LogP contribution < -0.4 is 16.2 Å². The van der Waals surface area contributed by atoms with Gasteiger partial charge < -0.3 is 35.6 Å². The standard InChI is InChI=1S/C57H72N8O7/c1-34-24-43(66)25-35(2)45(34)30-51(62(6)7)56(71)64-32-41-18-12-10-16-39(41)28-49(64)54(69)58-22-14-20-47-38(5)60-48(53(68)61-47)21-15-23-59-55(70)50-29-40-17-11-13-19-42(40)33-65(50)57(72)52(63(8)9)31-46-36(3)26-44(67)27-37(46)4/h10-13,16-19,24-27,49-52,66-67H,14-15,20-23,28-33H2,1-9H3,(H,58,69)(H,59,70)(H,61,68)/t49-,50-,51-,52-/m0/s1. The Kier molecular flexibility index (Phi) is 17.0. The van der Waals surface area contributed by atoms with Gasteiger partial charge in [0.05, 0.1) is 17.8 Å². The number of carbonyl (C=O) groups excluding carboxylic acids is 4. The number of nitrogens with one attached hydrogen (secondary N) is 3. The van der Waals surface area contributed by atoms with Crippen molar-refractivity contribution in [2.24, 2.45) is 0 Å². The third kappa shape index (κ3) is 12.2. The van der Waals surface area contributed by atoms with Gasteiger partial charge in [0.25, 0.3) is 5.56 Å². The highest BCUT2D eigenvalue weighted by Crippen LogP contribution is 2.30. The highest BCUT2D eigenvalue weighted by Gasteiger charge is 2.40. The number of H-pyrrole nitrogens is 1. The average Bonchev–Trinajstić information content (AvgIpc) is 3.33. The maximum atomic E-state index is 14.5. The molecule has 0 saturated heterocycles. The van der Waals surface area contributed by atoms with Crippen LogP contribution in [0.25, 0.3) is 0 Å². The molecule has 4 aromatic carbocycles. The number of amides is 4. The second-order valence-corrected chi connectivity index (χ2v) is 20.3. The molecule has 0 spiro atoms. The van der Waals surface area contributed by atoms with E-state index in [1.807, 2.05) is 121 Å². The molecule has 15 nitrogen and oxygen atoms in total. The lowest BCUT2D eigenvalue weighted by Crippen LogP contribution is -2.57. The maximum Gasteiger partial charge on any atom is 0.269 e.